The number of aliphatic carboxylic acids is 1. The summed E-state index contributed by atoms with van der Waals surface area (Å²) in [7, 11) is 0. The van der Waals surface area contributed by atoms with Gasteiger partial charge in [0.2, 0.25) is 5.91 Å². The molecule has 0 saturated heterocycles. The zero-order valence-electron chi connectivity index (χ0n) is 15.5. The third-order valence-electron chi connectivity index (χ3n) is 4.24. The highest BCUT2D eigenvalue weighted by molar-refractivity contribution is 5.83. The second-order valence-electron chi connectivity index (χ2n) is 6.32. The summed E-state index contributed by atoms with van der Waals surface area (Å²) >= 11 is 0. The Balaban J connectivity index is 2.04. The number of nitrogens with one attached hydrogen (secondary N) is 2. The molecule has 2 aromatic rings. The molecule has 1 amide bonds. The molecular weight excluding hydrogens is 348 g/mol. The van der Waals surface area contributed by atoms with Crippen LogP contribution in [0.25, 0.3) is 11.4 Å². The van der Waals surface area contributed by atoms with Gasteiger partial charge in [-0.3, -0.25) is 14.6 Å². The Morgan fingerprint density at radius 3 is 2.74 bits per heavy atom. The lowest BCUT2D eigenvalue weighted by atomic mass is 10.1. The molecular formula is C19H24N4O4. The average molecular weight is 372 g/mol. The van der Waals surface area contributed by atoms with E-state index in [4.69, 9.17) is 0 Å². The topological polar surface area (TPSA) is 125 Å². The fourth-order valence-corrected chi connectivity index (χ4v) is 2.72. The fourth-order valence-electron chi connectivity index (χ4n) is 2.72. The minimum atomic E-state index is -1.05. The summed E-state index contributed by atoms with van der Waals surface area (Å²) < 4.78 is 0. The molecule has 0 fully saturated rings. The Labute approximate surface area is 157 Å². The molecule has 2 aromatic heterocycles. The molecule has 1 atom stereocenters. The van der Waals surface area contributed by atoms with Crippen LogP contribution in [0.15, 0.2) is 29.3 Å². The van der Waals surface area contributed by atoms with Crippen LogP contribution < -0.4 is 10.9 Å². The predicted octanol–water partition coefficient (Wildman–Crippen LogP) is 1.83. The van der Waals surface area contributed by atoms with E-state index in [-0.39, 0.29) is 18.4 Å². The first-order chi connectivity index (χ1) is 12.9. The molecule has 144 valence electrons. The first-order valence-corrected chi connectivity index (χ1v) is 8.94. The summed E-state index contributed by atoms with van der Waals surface area (Å²) in [5, 5.41) is 11.7. The van der Waals surface area contributed by atoms with Crippen LogP contribution in [0.5, 0.6) is 0 Å². The van der Waals surface area contributed by atoms with Gasteiger partial charge in [0.05, 0.1) is 0 Å². The SMILES string of the molecule is CCCCC(NC(=O)CCc1c(C)nc(-c2cccnc2)[nH]c1=O)C(=O)O. The number of amides is 1. The molecule has 2 heterocycles. The average Bonchev–Trinajstić information content (AvgIpc) is 2.64. The Morgan fingerprint density at radius 1 is 1.37 bits per heavy atom. The van der Waals surface area contributed by atoms with Gasteiger partial charge < -0.3 is 15.4 Å². The summed E-state index contributed by atoms with van der Waals surface area (Å²) in [6.45, 7) is 3.67. The van der Waals surface area contributed by atoms with Crippen molar-refractivity contribution in [2.75, 3.05) is 0 Å². The van der Waals surface area contributed by atoms with Crippen LogP contribution in [-0.2, 0) is 16.0 Å². The van der Waals surface area contributed by atoms with Gasteiger partial charge in [0, 0.05) is 35.6 Å². The quantitative estimate of drug-likeness (QED) is 0.617. The second kappa shape index (κ2) is 9.61. The van der Waals surface area contributed by atoms with Crippen LogP contribution in [0.4, 0.5) is 0 Å². The maximum Gasteiger partial charge on any atom is 0.326 e. The molecule has 0 spiro atoms. The van der Waals surface area contributed by atoms with E-state index < -0.39 is 17.9 Å². The Kier molecular flexibility index (Phi) is 7.22. The maximum absolute atomic E-state index is 12.4. The largest absolute Gasteiger partial charge is 0.480 e. The molecule has 0 aliphatic carbocycles. The molecule has 0 radical (unpaired) electrons. The van der Waals surface area contributed by atoms with E-state index in [1.54, 1.807) is 31.5 Å². The molecule has 0 saturated carbocycles. The van der Waals surface area contributed by atoms with Crippen LogP contribution in [0.2, 0.25) is 0 Å². The Bertz CT molecular complexity index is 849. The van der Waals surface area contributed by atoms with Crippen molar-refractivity contribution in [3.05, 3.63) is 46.1 Å². The zero-order valence-corrected chi connectivity index (χ0v) is 15.5. The number of aromatic nitrogens is 3. The molecule has 0 aliphatic rings. The number of carbonyl (C=O) groups excluding carboxylic acids is 1. The van der Waals surface area contributed by atoms with Gasteiger partial charge in [-0.15, -0.1) is 0 Å². The lowest BCUT2D eigenvalue weighted by molar-refractivity contribution is -0.142. The number of hydrogen-bond acceptors (Lipinski definition) is 5. The van der Waals surface area contributed by atoms with Crippen molar-refractivity contribution < 1.29 is 14.7 Å². The predicted molar refractivity (Wildman–Crippen MR) is 100 cm³/mol. The number of aryl methyl sites for hydroxylation is 1. The van der Waals surface area contributed by atoms with E-state index in [9.17, 15) is 19.5 Å². The van der Waals surface area contributed by atoms with Gasteiger partial charge in [-0.25, -0.2) is 9.78 Å². The van der Waals surface area contributed by atoms with Gasteiger partial charge >= 0.3 is 5.97 Å². The number of rotatable bonds is 9. The number of pyridine rings is 1. The normalized spacial score (nSPS) is 11.8. The lowest BCUT2D eigenvalue weighted by Gasteiger charge is -2.14. The van der Waals surface area contributed by atoms with Crippen LogP contribution in [0.1, 0.15) is 43.9 Å². The Hall–Kier alpha value is -3.03. The third kappa shape index (κ3) is 5.73. The second-order valence-corrected chi connectivity index (χ2v) is 6.32. The molecule has 2 rings (SSSR count). The van der Waals surface area contributed by atoms with Crippen molar-refractivity contribution in [1.82, 2.24) is 20.3 Å². The van der Waals surface area contributed by atoms with Crippen molar-refractivity contribution in [2.45, 2.75) is 52.0 Å². The van der Waals surface area contributed by atoms with Crippen molar-refractivity contribution in [3.63, 3.8) is 0 Å². The van der Waals surface area contributed by atoms with Gasteiger partial charge in [-0.2, -0.15) is 0 Å². The zero-order chi connectivity index (χ0) is 19.8. The first-order valence-electron chi connectivity index (χ1n) is 8.94. The molecule has 8 heteroatoms. The number of hydrogen-bond donors (Lipinski definition) is 3. The van der Waals surface area contributed by atoms with E-state index in [0.29, 0.717) is 29.1 Å². The molecule has 0 aliphatic heterocycles. The summed E-state index contributed by atoms with van der Waals surface area (Å²) in [5.74, 6) is -1.02. The van der Waals surface area contributed by atoms with Crippen LogP contribution in [0, 0.1) is 6.92 Å². The molecule has 1 unspecified atom stereocenters. The number of aromatic amines is 1. The van der Waals surface area contributed by atoms with E-state index in [2.05, 4.69) is 20.3 Å². The third-order valence-corrected chi connectivity index (χ3v) is 4.24. The van der Waals surface area contributed by atoms with Gasteiger partial charge in [-0.05, 0) is 31.9 Å². The number of carboxylic acid groups (broad SMARTS) is 1. The van der Waals surface area contributed by atoms with Crippen molar-refractivity contribution in [1.29, 1.82) is 0 Å². The van der Waals surface area contributed by atoms with Crippen molar-refractivity contribution in [3.8, 4) is 11.4 Å². The lowest BCUT2D eigenvalue weighted by Crippen LogP contribution is -2.41. The highest BCUT2D eigenvalue weighted by atomic mass is 16.4. The number of H-pyrrole nitrogens is 1. The highest BCUT2D eigenvalue weighted by Gasteiger charge is 2.19. The standard InChI is InChI=1S/C19H24N4O4/c1-3-4-7-15(19(26)27)22-16(24)9-8-14-12(2)21-17(23-18(14)25)13-6-5-10-20-11-13/h5-6,10-11,15H,3-4,7-9H2,1-2H3,(H,22,24)(H,26,27)(H,21,23,25). The fraction of sp³-hybridized carbons (Fsp3) is 0.421. The van der Waals surface area contributed by atoms with E-state index in [1.807, 2.05) is 6.92 Å². The first kappa shape index (κ1) is 20.3. The molecule has 8 nitrogen and oxygen atoms in total. The highest BCUT2D eigenvalue weighted by Crippen LogP contribution is 2.13. The van der Waals surface area contributed by atoms with Crippen molar-refractivity contribution >= 4 is 11.9 Å². The maximum atomic E-state index is 12.4. The molecule has 0 aromatic carbocycles. The smallest absolute Gasteiger partial charge is 0.326 e. The van der Waals surface area contributed by atoms with Crippen LogP contribution in [0.3, 0.4) is 0 Å². The van der Waals surface area contributed by atoms with Crippen LogP contribution >= 0.6 is 0 Å². The van der Waals surface area contributed by atoms with Gasteiger partial charge in [0.15, 0.2) is 0 Å². The van der Waals surface area contributed by atoms with Crippen molar-refractivity contribution in [2.24, 2.45) is 0 Å². The summed E-state index contributed by atoms with van der Waals surface area (Å²) in [4.78, 5) is 46.8. The van der Waals surface area contributed by atoms with Gasteiger partial charge in [0.25, 0.3) is 5.56 Å². The number of carboxylic acids is 1. The number of unbranched alkanes of at least 4 members (excludes halogenated alkanes) is 1. The summed E-state index contributed by atoms with van der Waals surface area (Å²) in [6, 6.07) is 2.64. The van der Waals surface area contributed by atoms with E-state index in [0.717, 1.165) is 12.8 Å². The van der Waals surface area contributed by atoms with Gasteiger partial charge in [-0.1, -0.05) is 19.8 Å². The summed E-state index contributed by atoms with van der Waals surface area (Å²) in [5.41, 5.74) is 1.33. The minimum Gasteiger partial charge on any atom is -0.480 e. The Morgan fingerprint density at radius 2 is 2.15 bits per heavy atom. The van der Waals surface area contributed by atoms with Crippen LogP contribution in [-0.4, -0.2) is 38.0 Å². The molecule has 0 bridgehead atoms. The van der Waals surface area contributed by atoms with E-state index in [1.165, 1.54) is 0 Å². The summed E-state index contributed by atoms with van der Waals surface area (Å²) in [6.07, 6.45) is 5.40. The molecule has 3 N–H and O–H groups in total. The van der Waals surface area contributed by atoms with Gasteiger partial charge in [0.1, 0.15) is 11.9 Å². The van der Waals surface area contributed by atoms with E-state index >= 15 is 0 Å². The number of carbonyl (C=O) groups is 2. The molecule has 27 heavy (non-hydrogen) atoms. The number of nitrogens with zero attached hydrogens (tertiary/aromatic N) is 2. The monoisotopic (exact) mass is 372 g/mol. The minimum absolute atomic E-state index is 0.0216.